The van der Waals surface area contributed by atoms with Gasteiger partial charge in [0.15, 0.2) is 5.82 Å². The summed E-state index contributed by atoms with van der Waals surface area (Å²) < 4.78 is 5.24. The maximum atomic E-state index is 5.95. The lowest BCUT2D eigenvalue weighted by Crippen LogP contribution is -2.25. The van der Waals surface area contributed by atoms with Crippen LogP contribution in [0.15, 0.2) is 4.52 Å². The van der Waals surface area contributed by atoms with Gasteiger partial charge in [0.2, 0.25) is 5.89 Å². The van der Waals surface area contributed by atoms with Crippen LogP contribution in [0.4, 0.5) is 0 Å². The Kier molecular flexibility index (Phi) is 4.93. The highest BCUT2D eigenvalue weighted by Crippen LogP contribution is 2.18. The molecule has 0 aliphatic heterocycles. The SMILES string of the molecule is CCC(N)C(C)c1nc(CCC(C)C)no1. The molecule has 0 saturated heterocycles. The fourth-order valence-electron chi connectivity index (χ4n) is 1.51. The van der Waals surface area contributed by atoms with Crippen LogP contribution >= 0.6 is 0 Å². The molecule has 0 radical (unpaired) electrons. The Morgan fingerprint density at radius 2 is 2.00 bits per heavy atom. The number of hydrogen-bond donors (Lipinski definition) is 1. The van der Waals surface area contributed by atoms with E-state index in [9.17, 15) is 0 Å². The maximum Gasteiger partial charge on any atom is 0.231 e. The average Bonchev–Trinajstić information content (AvgIpc) is 2.72. The van der Waals surface area contributed by atoms with Gasteiger partial charge < -0.3 is 10.3 Å². The van der Waals surface area contributed by atoms with Crippen LogP contribution in [0.1, 0.15) is 58.2 Å². The predicted molar refractivity (Wildman–Crippen MR) is 64.1 cm³/mol. The van der Waals surface area contributed by atoms with Gasteiger partial charge in [0.05, 0.1) is 5.92 Å². The molecule has 1 aromatic heterocycles. The van der Waals surface area contributed by atoms with Gasteiger partial charge >= 0.3 is 0 Å². The van der Waals surface area contributed by atoms with E-state index in [2.05, 4.69) is 30.9 Å². The van der Waals surface area contributed by atoms with Crippen molar-refractivity contribution in [3.8, 4) is 0 Å². The van der Waals surface area contributed by atoms with Crippen LogP contribution in [0, 0.1) is 5.92 Å². The van der Waals surface area contributed by atoms with Crippen molar-refractivity contribution in [3.63, 3.8) is 0 Å². The third kappa shape index (κ3) is 3.59. The lowest BCUT2D eigenvalue weighted by atomic mass is 10.0. The summed E-state index contributed by atoms with van der Waals surface area (Å²) in [6, 6.07) is 0.0957. The highest BCUT2D eigenvalue weighted by molar-refractivity contribution is 4.96. The Balaban J connectivity index is 2.57. The van der Waals surface area contributed by atoms with Gasteiger partial charge in [0.1, 0.15) is 0 Å². The molecule has 16 heavy (non-hydrogen) atoms. The minimum Gasteiger partial charge on any atom is -0.339 e. The van der Waals surface area contributed by atoms with E-state index < -0.39 is 0 Å². The summed E-state index contributed by atoms with van der Waals surface area (Å²) in [5.74, 6) is 2.29. The fourth-order valence-corrected chi connectivity index (χ4v) is 1.51. The molecule has 0 aromatic carbocycles. The lowest BCUT2D eigenvalue weighted by Gasteiger charge is -2.13. The number of nitrogens with zero attached hydrogens (tertiary/aromatic N) is 2. The topological polar surface area (TPSA) is 64.9 Å². The van der Waals surface area contributed by atoms with Crippen molar-refractivity contribution in [1.29, 1.82) is 0 Å². The Morgan fingerprint density at radius 3 is 2.56 bits per heavy atom. The van der Waals surface area contributed by atoms with E-state index in [0.717, 1.165) is 25.1 Å². The molecule has 1 heterocycles. The Hall–Kier alpha value is -0.900. The molecule has 2 unspecified atom stereocenters. The van der Waals surface area contributed by atoms with Crippen molar-refractivity contribution < 1.29 is 4.52 Å². The van der Waals surface area contributed by atoms with E-state index in [0.29, 0.717) is 11.8 Å². The molecule has 0 bridgehead atoms. The molecule has 0 spiro atoms. The van der Waals surface area contributed by atoms with Gasteiger partial charge in [-0.25, -0.2) is 0 Å². The number of hydrogen-bond acceptors (Lipinski definition) is 4. The molecule has 2 N–H and O–H groups in total. The molecule has 1 aromatic rings. The Morgan fingerprint density at radius 1 is 1.31 bits per heavy atom. The number of nitrogens with two attached hydrogens (primary N) is 1. The second-order valence-electron chi connectivity index (χ2n) is 4.84. The van der Waals surface area contributed by atoms with Crippen LogP contribution in [-0.4, -0.2) is 16.2 Å². The monoisotopic (exact) mass is 225 g/mol. The van der Waals surface area contributed by atoms with E-state index in [1.807, 2.05) is 6.92 Å². The average molecular weight is 225 g/mol. The molecule has 1 rings (SSSR count). The van der Waals surface area contributed by atoms with E-state index in [-0.39, 0.29) is 12.0 Å². The van der Waals surface area contributed by atoms with Crippen LogP contribution in [0.5, 0.6) is 0 Å². The zero-order valence-corrected chi connectivity index (χ0v) is 10.7. The van der Waals surface area contributed by atoms with E-state index in [1.165, 1.54) is 0 Å². The van der Waals surface area contributed by atoms with Crippen LogP contribution in [0.2, 0.25) is 0 Å². The minimum atomic E-state index is 0.0957. The van der Waals surface area contributed by atoms with Gasteiger partial charge in [-0.1, -0.05) is 32.9 Å². The third-order valence-electron chi connectivity index (χ3n) is 2.93. The van der Waals surface area contributed by atoms with E-state index in [1.54, 1.807) is 0 Å². The Labute approximate surface area is 97.6 Å². The van der Waals surface area contributed by atoms with Crippen LogP contribution in [0.25, 0.3) is 0 Å². The molecule has 4 nitrogen and oxygen atoms in total. The summed E-state index contributed by atoms with van der Waals surface area (Å²) in [5.41, 5.74) is 5.95. The first-order chi connectivity index (χ1) is 7.54. The van der Waals surface area contributed by atoms with Crippen molar-refractivity contribution in [1.82, 2.24) is 10.1 Å². The Bertz CT molecular complexity index is 309. The van der Waals surface area contributed by atoms with Crippen molar-refractivity contribution >= 4 is 0 Å². The van der Waals surface area contributed by atoms with Crippen molar-refractivity contribution in [2.24, 2.45) is 11.7 Å². The smallest absolute Gasteiger partial charge is 0.231 e. The van der Waals surface area contributed by atoms with Crippen molar-refractivity contribution in [2.45, 2.75) is 58.9 Å². The normalized spacial score (nSPS) is 15.4. The minimum absolute atomic E-state index is 0.0957. The first kappa shape index (κ1) is 13.2. The standard InChI is InChI=1S/C12H23N3O/c1-5-10(13)9(4)12-14-11(15-16-12)7-6-8(2)3/h8-10H,5-7,13H2,1-4H3. The predicted octanol–water partition coefficient (Wildman–Crippen LogP) is 2.50. The molecule has 2 atom stereocenters. The highest BCUT2D eigenvalue weighted by Gasteiger charge is 2.19. The van der Waals surface area contributed by atoms with Gasteiger partial charge in [0, 0.05) is 12.5 Å². The summed E-state index contributed by atoms with van der Waals surface area (Å²) in [6.45, 7) is 8.48. The van der Waals surface area contributed by atoms with Crippen LogP contribution < -0.4 is 5.73 Å². The zero-order valence-electron chi connectivity index (χ0n) is 10.7. The van der Waals surface area contributed by atoms with Crippen LogP contribution in [0.3, 0.4) is 0 Å². The molecule has 0 saturated carbocycles. The number of rotatable bonds is 6. The number of aromatic nitrogens is 2. The molecular formula is C12H23N3O. The van der Waals surface area contributed by atoms with Gasteiger partial charge in [-0.3, -0.25) is 0 Å². The first-order valence-electron chi connectivity index (χ1n) is 6.12. The molecule has 0 aliphatic carbocycles. The largest absolute Gasteiger partial charge is 0.339 e. The quantitative estimate of drug-likeness (QED) is 0.807. The molecule has 0 fully saturated rings. The van der Waals surface area contributed by atoms with Gasteiger partial charge in [-0.15, -0.1) is 0 Å². The van der Waals surface area contributed by atoms with E-state index >= 15 is 0 Å². The summed E-state index contributed by atoms with van der Waals surface area (Å²) in [4.78, 5) is 4.39. The fraction of sp³-hybridized carbons (Fsp3) is 0.833. The van der Waals surface area contributed by atoms with Gasteiger partial charge in [-0.05, 0) is 18.8 Å². The van der Waals surface area contributed by atoms with E-state index in [4.69, 9.17) is 10.3 Å². The molecule has 4 heteroatoms. The molecule has 0 amide bonds. The number of aryl methyl sites for hydroxylation is 1. The lowest BCUT2D eigenvalue weighted by molar-refractivity contribution is 0.336. The molecular weight excluding hydrogens is 202 g/mol. The second-order valence-corrected chi connectivity index (χ2v) is 4.84. The first-order valence-corrected chi connectivity index (χ1v) is 6.12. The summed E-state index contributed by atoms with van der Waals surface area (Å²) in [7, 11) is 0. The van der Waals surface area contributed by atoms with Crippen molar-refractivity contribution in [3.05, 3.63) is 11.7 Å². The zero-order chi connectivity index (χ0) is 12.1. The van der Waals surface area contributed by atoms with Gasteiger partial charge in [0.25, 0.3) is 0 Å². The van der Waals surface area contributed by atoms with Crippen LogP contribution in [-0.2, 0) is 6.42 Å². The summed E-state index contributed by atoms with van der Waals surface area (Å²) >= 11 is 0. The second kappa shape index (κ2) is 5.99. The summed E-state index contributed by atoms with van der Waals surface area (Å²) in [6.07, 6.45) is 2.90. The molecule has 0 aliphatic rings. The van der Waals surface area contributed by atoms with Crippen molar-refractivity contribution in [2.75, 3.05) is 0 Å². The third-order valence-corrected chi connectivity index (χ3v) is 2.93. The maximum absolute atomic E-state index is 5.95. The molecule has 92 valence electrons. The highest BCUT2D eigenvalue weighted by atomic mass is 16.5. The van der Waals surface area contributed by atoms with Gasteiger partial charge in [-0.2, -0.15) is 4.98 Å². The summed E-state index contributed by atoms with van der Waals surface area (Å²) in [5, 5.41) is 3.98.